The Morgan fingerprint density at radius 2 is 1.73 bits per heavy atom. The first kappa shape index (κ1) is 19.7. The number of benzene rings is 3. The van der Waals surface area contributed by atoms with Crippen LogP contribution in [0.15, 0.2) is 66.7 Å². The van der Waals surface area contributed by atoms with Crippen molar-refractivity contribution in [2.45, 2.75) is 31.6 Å². The Balaban J connectivity index is 1.86. The summed E-state index contributed by atoms with van der Waals surface area (Å²) in [4.78, 5) is 23.8. The molecular weight excluding hydrogens is 378 g/mol. The van der Waals surface area contributed by atoms with Crippen LogP contribution in [0.4, 0.5) is 0 Å². The Bertz CT molecular complexity index is 1090. The van der Waals surface area contributed by atoms with Gasteiger partial charge >= 0.3 is 5.97 Å². The van der Waals surface area contributed by atoms with Crippen LogP contribution in [0.1, 0.15) is 51.4 Å². The van der Waals surface area contributed by atoms with Crippen molar-refractivity contribution in [3.05, 3.63) is 94.5 Å². The highest BCUT2D eigenvalue weighted by molar-refractivity contribution is 5.98. The number of aliphatic carboxylic acids is 1. The lowest BCUT2D eigenvalue weighted by Crippen LogP contribution is -2.19. The molecule has 3 aromatic carbocycles. The zero-order valence-electron chi connectivity index (χ0n) is 16.5. The summed E-state index contributed by atoms with van der Waals surface area (Å²) in [5.41, 5.74) is 10.2. The number of amides is 1. The third-order valence-electron chi connectivity index (χ3n) is 5.60. The number of para-hydroxylation sites is 1. The van der Waals surface area contributed by atoms with E-state index in [4.69, 9.17) is 10.5 Å². The van der Waals surface area contributed by atoms with E-state index in [2.05, 4.69) is 12.1 Å². The molecule has 0 saturated heterocycles. The number of aryl methyl sites for hydroxylation is 2. The maximum atomic E-state index is 12.6. The van der Waals surface area contributed by atoms with Gasteiger partial charge in [0.25, 0.3) is 5.91 Å². The van der Waals surface area contributed by atoms with Gasteiger partial charge in [0.05, 0.1) is 5.56 Å². The fraction of sp³-hybridized carbons (Fsp3) is 0.200. The summed E-state index contributed by atoms with van der Waals surface area (Å²) >= 11 is 0. The summed E-state index contributed by atoms with van der Waals surface area (Å²) in [6.07, 6.45) is 2.06. The van der Waals surface area contributed by atoms with Crippen molar-refractivity contribution in [2.75, 3.05) is 0 Å². The second kappa shape index (κ2) is 8.41. The summed E-state index contributed by atoms with van der Waals surface area (Å²) < 4.78 is 6.02. The Kier molecular flexibility index (Phi) is 5.53. The Morgan fingerprint density at radius 3 is 2.47 bits per heavy atom. The molecule has 1 aliphatic carbocycles. The number of rotatable bonds is 7. The molecule has 0 fully saturated rings. The molecule has 5 nitrogen and oxygen atoms in total. The van der Waals surface area contributed by atoms with Gasteiger partial charge in [0.1, 0.15) is 11.5 Å². The van der Waals surface area contributed by atoms with Crippen LogP contribution in [0.5, 0.6) is 11.5 Å². The molecule has 0 saturated carbocycles. The van der Waals surface area contributed by atoms with Crippen LogP contribution in [0.25, 0.3) is 0 Å². The number of hydrogen-bond acceptors (Lipinski definition) is 3. The maximum absolute atomic E-state index is 12.6. The fourth-order valence-corrected chi connectivity index (χ4v) is 4.31. The van der Waals surface area contributed by atoms with E-state index in [1.54, 1.807) is 6.07 Å². The molecule has 1 amide bonds. The Morgan fingerprint density at radius 1 is 1.00 bits per heavy atom. The van der Waals surface area contributed by atoms with Crippen molar-refractivity contribution in [1.82, 2.24) is 0 Å². The van der Waals surface area contributed by atoms with Crippen molar-refractivity contribution in [3.63, 3.8) is 0 Å². The average molecular weight is 401 g/mol. The molecule has 3 aromatic rings. The quantitative estimate of drug-likeness (QED) is 0.602. The molecule has 0 heterocycles. The lowest BCUT2D eigenvalue weighted by Gasteiger charge is -2.22. The van der Waals surface area contributed by atoms with E-state index in [1.807, 2.05) is 48.5 Å². The molecule has 0 aromatic heterocycles. The Labute approximate surface area is 175 Å². The highest BCUT2D eigenvalue weighted by Gasteiger charge is 2.31. The summed E-state index contributed by atoms with van der Waals surface area (Å²) in [5, 5.41) is 9.20. The van der Waals surface area contributed by atoms with E-state index in [0.717, 1.165) is 29.5 Å². The van der Waals surface area contributed by atoms with Crippen molar-refractivity contribution in [1.29, 1.82) is 0 Å². The van der Waals surface area contributed by atoms with Gasteiger partial charge in [-0.25, -0.2) is 0 Å². The van der Waals surface area contributed by atoms with Gasteiger partial charge < -0.3 is 15.6 Å². The SMILES string of the molecule is NC(=O)c1c(Oc2ccccc2)ccc(CCC(=O)O)c1[C@@H]1CCc2ccccc21. The summed E-state index contributed by atoms with van der Waals surface area (Å²) in [5.74, 6) is -0.467. The standard InChI is InChI=1S/C25H23NO4/c26-25(29)24-21(30-18-7-2-1-3-8-18)14-11-17(12-15-22(27)28)23(24)20-13-10-16-6-4-5-9-19(16)20/h1-9,11,14,20H,10,12-13,15H2,(H2,26,29)(H,27,28)/t20-/m1/s1. The van der Waals surface area contributed by atoms with Gasteiger partial charge in [-0.05, 0) is 59.7 Å². The molecule has 0 aliphatic heterocycles. The molecule has 152 valence electrons. The first-order valence-corrected chi connectivity index (χ1v) is 10.0. The number of carboxylic acids is 1. The monoisotopic (exact) mass is 401 g/mol. The highest BCUT2D eigenvalue weighted by Crippen LogP contribution is 2.43. The summed E-state index contributed by atoms with van der Waals surface area (Å²) in [6, 6.07) is 21.0. The predicted octanol–water partition coefficient (Wildman–Crippen LogP) is 4.67. The van der Waals surface area contributed by atoms with Crippen molar-refractivity contribution < 1.29 is 19.4 Å². The number of carbonyl (C=O) groups is 2. The topological polar surface area (TPSA) is 89.6 Å². The number of hydrogen-bond donors (Lipinski definition) is 2. The van der Waals surface area contributed by atoms with E-state index in [9.17, 15) is 14.7 Å². The molecular formula is C25H23NO4. The highest BCUT2D eigenvalue weighted by atomic mass is 16.5. The van der Waals surface area contributed by atoms with E-state index >= 15 is 0 Å². The van der Waals surface area contributed by atoms with Crippen LogP contribution in [-0.2, 0) is 17.6 Å². The van der Waals surface area contributed by atoms with Crippen LogP contribution >= 0.6 is 0 Å². The average Bonchev–Trinajstić information content (AvgIpc) is 3.16. The lowest BCUT2D eigenvalue weighted by atomic mass is 9.83. The Hall–Kier alpha value is -3.60. The van der Waals surface area contributed by atoms with Gasteiger partial charge in [-0.1, -0.05) is 48.5 Å². The van der Waals surface area contributed by atoms with Crippen LogP contribution in [0.3, 0.4) is 0 Å². The molecule has 4 rings (SSSR count). The number of carboxylic acid groups (broad SMARTS) is 1. The van der Waals surface area contributed by atoms with E-state index in [-0.39, 0.29) is 12.3 Å². The van der Waals surface area contributed by atoms with Crippen molar-refractivity contribution in [3.8, 4) is 11.5 Å². The molecule has 1 aliphatic rings. The minimum atomic E-state index is -0.877. The zero-order valence-corrected chi connectivity index (χ0v) is 16.5. The van der Waals surface area contributed by atoms with Gasteiger partial charge in [0.2, 0.25) is 0 Å². The summed E-state index contributed by atoms with van der Waals surface area (Å²) in [6.45, 7) is 0. The number of fused-ring (bicyclic) bond motifs is 1. The van der Waals surface area contributed by atoms with Gasteiger partial charge in [-0.15, -0.1) is 0 Å². The van der Waals surface area contributed by atoms with E-state index in [0.29, 0.717) is 23.5 Å². The van der Waals surface area contributed by atoms with Crippen LogP contribution in [-0.4, -0.2) is 17.0 Å². The molecule has 1 atom stereocenters. The molecule has 0 unspecified atom stereocenters. The summed E-state index contributed by atoms with van der Waals surface area (Å²) in [7, 11) is 0. The number of ether oxygens (including phenoxy) is 1. The fourth-order valence-electron chi connectivity index (χ4n) is 4.31. The number of carbonyl (C=O) groups excluding carboxylic acids is 1. The molecule has 5 heteroatoms. The molecule has 0 bridgehead atoms. The lowest BCUT2D eigenvalue weighted by molar-refractivity contribution is -0.136. The molecule has 0 spiro atoms. The molecule has 30 heavy (non-hydrogen) atoms. The maximum Gasteiger partial charge on any atom is 0.303 e. The van der Waals surface area contributed by atoms with E-state index in [1.165, 1.54) is 5.56 Å². The molecule has 3 N–H and O–H groups in total. The van der Waals surface area contributed by atoms with E-state index < -0.39 is 11.9 Å². The minimum Gasteiger partial charge on any atom is -0.481 e. The normalized spacial score (nSPS) is 14.9. The number of nitrogens with two attached hydrogens (primary N) is 1. The zero-order chi connectivity index (χ0) is 21.1. The van der Waals surface area contributed by atoms with Gasteiger partial charge in [0, 0.05) is 12.3 Å². The van der Waals surface area contributed by atoms with Crippen LogP contribution in [0.2, 0.25) is 0 Å². The second-order valence-electron chi connectivity index (χ2n) is 7.47. The second-order valence-corrected chi connectivity index (χ2v) is 7.47. The van der Waals surface area contributed by atoms with Crippen molar-refractivity contribution >= 4 is 11.9 Å². The van der Waals surface area contributed by atoms with Gasteiger partial charge in [0.15, 0.2) is 0 Å². The third-order valence-corrected chi connectivity index (χ3v) is 5.60. The van der Waals surface area contributed by atoms with Gasteiger partial charge in [-0.3, -0.25) is 9.59 Å². The smallest absolute Gasteiger partial charge is 0.303 e. The molecule has 0 radical (unpaired) electrons. The van der Waals surface area contributed by atoms with Crippen LogP contribution in [0, 0.1) is 0 Å². The predicted molar refractivity (Wildman–Crippen MR) is 114 cm³/mol. The van der Waals surface area contributed by atoms with Crippen LogP contribution < -0.4 is 10.5 Å². The first-order valence-electron chi connectivity index (χ1n) is 10.0. The number of primary amides is 1. The minimum absolute atomic E-state index is 0.0154. The largest absolute Gasteiger partial charge is 0.481 e. The third kappa shape index (κ3) is 3.92. The first-order chi connectivity index (χ1) is 14.5. The van der Waals surface area contributed by atoms with Crippen molar-refractivity contribution in [2.24, 2.45) is 5.73 Å². The van der Waals surface area contributed by atoms with Gasteiger partial charge in [-0.2, -0.15) is 0 Å².